The van der Waals surface area contributed by atoms with Gasteiger partial charge in [0, 0.05) is 24.2 Å². The number of rotatable bonds is 4. The first kappa shape index (κ1) is 13.1. The molecule has 3 aromatic rings. The molecule has 0 fully saturated rings. The third-order valence-electron chi connectivity index (χ3n) is 2.86. The van der Waals surface area contributed by atoms with Crippen molar-refractivity contribution in [2.45, 2.75) is 6.54 Å². The number of hydrogen-bond donors (Lipinski definition) is 0. The van der Waals surface area contributed by atoms with Crippen molar-refractivity contribution in [1.82, 2.24) is 15.0 Å². The van der Waals surface area contributed by atoms with Crippen molar-refractivity contribution in [3.63, 3.8) is 0 Å². The van der Waals surface area contributed by atoms with E-state index in [0.717, 1.165) is 16.8 Å². The van der Waals surface area contributed by atoms with Gasteiger partial charge in [-0.25, -0.2) is 9.97 Å². The Balaban J connectivity index is 1.75. The van der Waals surface area contributed by atoms with Gasteiger partial charge < -0.3 is 0 Å². The van der Waals surface area contributed by atoms with Gasteiger partial charge >= 0.3 is 0 Å². The van der Waals surface area contributed by atoms with Crippen LogP contribution < -0.4 is 0 Å². The number of aromatic nitrogens is 3. The summed E-state index contributed by atoms with van der Waals surface area (Å²) in [4.78, 5) is 12.5. The number of benzene rings is 1. The Hall–Kier alpha value is -2.95. The minimum absolute atomic E-state index is 0.354. The summed E-state index contributed by atoms with van der Waals surface area (Å²) < 4.78 is 0. The lowest BCUT2D eigenvalue weighted by Crippen LogP contribution is -1.86. The molecule has 0 spiro atoms. The Labute approximate surface area is 122 Å². The van der Waals surface area contributed by atoms with Gasteiger partial charge in [-0.05, 0) is 23.8 Å². The van der Waals surface area contributed by atoms with Gasteiger partial charge in [-0.2, -0.15) is 5.11 Å². The predicted octanol–water partition coefficient (Wildman–Crippen LogP) is 3.82. The van der Waals surface area contributed by atoms with Gasteiger partial charge in [0.1, 0.15) is 0 Å². The van der Waals surface area contributed by atoms with Crippen molar-refractivity contribution in [2.75, 3.05) is 0 Å². The lowest BCUT2D eigenvalue weighted by molar-refractivity contribution is 0.927. The van der Waals surface area contributed by atoms with E-state index in [9.17, 15) is 0 Å². The second kappa shape index (κ2) is 6.47. The molecule has 0 amide bonds. The van der Waals surface area contributed by atoms with Crippen LogP contribution in [0.4, 0.5) is 5.95 Å². The maximum Gasteiger partial charge on any atom is 0.268 e. The Morgan fingerprint density at radius 2 is 1.81 bits per heavy atom. The van der Waals surface area contributed by atoms with Crippen LogP contribution in [-0.4, -0.2) is 15.0 Å². The van der Waals surface area contributed by atoms with Crippen molar-refractivity contribution in [1.29, 1.82) is 0 Å². The van der Waals surface area contributed by atoms with Crippen molar-refractivity contribution in [3.05, 3.63) is 72.7 Å². The first-order valence-corrected chi connectivity index (χ1v) is 6.57. The average molecular weight is 275 g/mol. The molecule has 0 aliphatic carbocycles. The van der Waals surface area contributed by atoms with E-state index in [4.69, 9.17) is 0 Å². The van der Waals surface area contributed by atoms with E-state index < -0.39 is 0 Å². The smallest absolute Gasteiger partial charge is 0.264 e. The van der Waals surface area contributed by atoms with Gasteiger partial charge in [-0.3, -0.25) is 4.98 Å². The third kappa shape index (κ3) is 3.54. The second-order valence-electron chi connectivity index (χ2n) is 4.37. The summed E-state index contributed by atoms with van der Waals surface area (Å²) in [5.74, 6) is 0.354. The fourth-order valence-corrected chi connectivity index (χ4v) is 1.84. The zero-order valence-electron chi connectivity index (χ0n) is 11.3. The fraction of sp³-hybridized carbons (Fsp3) is 0.0625. The summed E-state index contributed by atoms with van der Waals surface area (Å²) in [6.07, 6.45) is 5.16. The quantitative estimate of drug-likeness (QED) is 0.680. The number of nitrogens with zero attached hydrogens (tertiary/aromatic N) is 5. The molecule has 102 valence electrons. The molecular formula is C16H13N5. The van der Waals surface area contributed by atoms with Crippen LogP contribution in [0.5, 0.6) is 0 Å². The van der Waals surface area contributed by atoms with Crippen LogP contribution in [0.25, 0.3) is 11.3 Å². The molecule has 2 heterocycles. The van der Waals surface area contributed by atoms with Gasteiger partial charge in [0.05, 0.1) is 12.2 Å². The van der Waals surface area contributed by atoms with E-state index in [1.54, 1.807) is 18.6 Å². The molecule has 0 N–H and O–H groups in total. The molecule has 0 aliphatic heterocycles. The first-order valence-electron chi connectivity index (χ1n) is 6.57. The summed E-state index contributed by atoms with van der Waals surface area (Å²) in [7, 11) is 0. The maximum absolute atomic E-state index is 4.36. The summed E-state index contributed by atoms with van der Waals surface area (Å²) >= 11 is 0. The van der Waals surface area contributed by atoms with Gasteiger partial charge in [-0.15, -0.1) is 5.11 Å². The topological polar surface area (TPSA) is 63.4 Å². The normalized spacial score (nSPS) is 10.9. The van der Waals surface area contributed by atoms with E-state index in [1.807, 2.05) is 48.5 Å². The summed E-state index contributed by atoms with van der Waals surface area (Å²) in [5, 5.41) is 8.20. The Bertz CT molecular complexity index is 726. The van der Waals surface area contributed by atoms with E-state index in [2.05, 4.69) is 25.2 Å². The average Bonchev–Trinajstić information content (AvgIpc) is 2.57. The van der Waals surface area contributed by atoms with E-state index in [0.29, 0.717) is 12.5 Å². The fourth-order valence-electron chi connectivity index (χ4n) is 1.84. The number of pyridine rings is 1. The highest BCUT2D eigenvalue weighted by atomic mass is 15.2. The van der Waals surface area contributed by atoms with Gasteiger partial charge in [-0.1, -0.05) is 30.3 Å². The van der Waals surface area contributed by atoms with E-state index in [1.165, 1.54) is 0 Å². The number of azo groups is 1. The number of hydrogen-bond acceptors (Lipinski definition) is 5. The van der Waals surface area contributed by atoms with Crippen molar-refractivity contribution < 1.29 is 0 Å². The van der Waals surface area contributed by atoms with Crippen LogP contribution in [0.1, 0.15) is 5.56 Å². The lowest BCUT2D eigenvalue weighted by Gasteiger charge is -1.99. The van der Waals surface area contributed by atoms with Crippen molar-refractivity contribution in [3.8, 4) is 11.3 Å². The Morgan fingerprint density at radius 1 is 0.905 bits per heavy atom. The van der Waals surface area contributed by atoms with Gasteiger partial charge in [0.25, 0.3) is 5.95 Å². The van der Waals surface area contributed by atoms with Crippen LogP contribution in [0, 0.1) is 0 Å². The van der Waals surface area contributed by atoms with Crippen LogP contribution in [0.3, 0.4) is 0 Å². The highest BCUT2D eigenvalue weighted by Gasteiger charge is 2.01. The second-order valence-corrected chi connectivity index (χ2v) is 4.37. The molecule has 1 aromatic carbocycles. The summed E-state index contributed by atoms with van der Waals surface area (Å²) in [6.45, 7) is 0.515. The molecule has 2 aromatic heterocycles. The third-order valence-corrected chi connectivity index (χ3v) is 2.86. The molecule has 0 unspecified atom stereocenters. The molecule has 0 radical (unpaired) electrons. The highest BCUT2D eigenvalue weighted by Crippen LogP contribution is 2.17. The van der Waals surface area contributed by atoms with Crippen molar-refractivity contribution in [2.24, 2.45) is 10.2 Å². The highest BCUT2D eigenvalue weighted by molar-refractivity contribution is 5.57. The zero-order valence-corrected chi connectivity index (χ0v) is 11.3. The minimum atomic E-state index is 0.354. The largest absolute Gasteiger partial charge is 0.268 e. The molecule has 21 heavy (non-hydrogen) atoms. The van der Waals surface area contributed by atoms with Crippen LogP contribution in [0.2, 0.25) is 0 Å². The summed E-state index contributed by atoms with van der Waals surface area (Å²) in [6, 6.07) is 15.6. The lowest BCUT2D eigenvalue weighted by atomic mass is 10.2. The minimum Gasteiger partial charge on any atom is -0.264 e. The van der Waals surface area contributed by atoms with Crippen LogP contribution >= 0.6 is 0 Å². The van der Waals surface area contributed by atoms with Crippen LogP contribution in [0.15, 0.2) is 77.3 Å². The molecule has 0 aliphatic rings. The van der Waals surface area contributed by atoms with Crippen LogP contribution in [-0.2, 0) is 6.54 Å². The molecule has 0 saturated heterocycles. The predicted molar refractivity (Wildman–Crippen MR) is 79.9 cm³/mol. The molecule has 5 nitrogen and oxygen atoms in total. The monoisotopic (exact) mass is 275 g/mol. The SMILES string of the molecule is c1ccc(CN=Nc2nccc(-c3cccnc3)n2)cc1. The van der Waals surface area contributed by atoms with E-state index >= 15 is 0 Å². The Kier molecular flexibility index (Phi) is 4.02. The molecule has 5 heteroatoms. The molecule has 0 bridgehead atoms. The first-order chi connectivity index (χ1) is 10.4. The molecule has 0 saturated carbocycles. The van der Waals surface area contributed by atoms with Gasteiger partial charge in [0.15, 0.2) is 0 Å². The van der Waals surface area contributed by atoms with Crippen molar-refractivity contribution >= 4 is 5.95 Å². The standard InChI is InChI=1S/C16H13N5/c1-2-5-13(6-3-1)11-19-21-16-18-10-8-15(20-16)14-7-4-9-17-12-14/h1-10,12H,11H2. The Morgan fingerprint density at radius 3 is 2.62 bits per heavy atom. The molecular weight excluding hydrogens is 262 g/mol. The summed E-state index contributed by atoms with van der Waals surface area (Å²) in [5.41, 5.74) is 2.82. The molecule has 0 atom stereocenters. The van der Waals surface area contributed by atoms with E-state index in [-0.39, 0.29) is 0 Å². The van der Waals surface area contributed by atoms with Gasteiger partial charge in [0.2, 0.25) is 0 Å². The molecule has 3 rings (SSSR count). The maximum atomic E-state index is 4.36. The zero-order chi connectivity index (χ0) is 14.3.